The number of oxime groups is 1. The van der Waals surface area contributed by atoms with Crippen LogP contribution in [0.1, 0.15) is 28.6 Å². The van der Waals surface area contributed by atoms with Gasteiger partial charge in [0.1, 0.15) is 24.2 Å². The number of aromatic nitrogens is 3. The number of carbonyl (C=O) groups is 3. The highest BCUT2D eigenvalue weighted by atomic mass is 127. The molecule has 6 rings (SSSR count). The number of hydrogen-bond acceptors (Lipinski definition) is 12. The number of allylic oxidation sites excluding steroid dienone is 2. The minimum Gasteiger partial charge on any atom is -1.00 e. The van der Waals surface area contributed by atoms with E-state index in [1.165, 1.54) is 23.8 Å². The molecule has 258 valence electrons. The summed E-state index contributed by atoms with van der Waals surface area (Å²) in [7, 11) is 1.27. The number of aliphatic hydroxyl groups excluding tert-OH is 1. The van der Waals surface area contributed by atoms with Gasteiger partial charge < -0.3 is 49.7 Å². The molecule has 2 atom stereocenters. The average molecular weight is 826 g/mol. The fraction of sp³-hybridized carbons (Fsp3) is 0.206. The molecule has 4 N–H and O–H groups in total. The van der Waals surface area contributed by atoms with Crippen LogP contribution in [0.2, 0.25) is 0 Å². The molecule has 0 bridgehead atoms. The molecule has 0 aliphatic carbocycles. The molecule has 2 aromatic carbocycles. The van der Waals surface area contributed by atoms with E-state index in [1.54, 1.807) is 6.08 Å². The second kappa shape index (κ2) is 16.8. The number of fused-ring (bicyclic) bond motifs is 1. The highest BCUT2D eigenvalue weighted by molar-refractivity contribution is 8.00. The lowest BCUT2D eigenvalue weighted by atomic mass is 10.0. The summed E-state index contributed by atoms with van der Waals surface area (Å²) in [5.74, 6) is -1.58. The Morgan fingerprint density at radius 2 is 1.84 bits per heavy atom. The summed E-state index contributed by atoms with van der Waals surface area (Å²) in [5, 5.41) is 15.5. The maximum absolute atomic E-state index is 14.2. The molecular weight excluding hydrogens is 793 g/mol. The number of nitrogens with two attached hydrogens (primary N) is 1. The number of anilines is 1. The van der Waals surface area contributed by atoms with Crippen molar-refractivity contribution in [1.82, 2.24) is 19.6 Å². The van der Waals surface area contributed by atoms with Gasteiger partial charge in [-0.3, -0.25) is 14.5 Å². The number of pyridine rings is 1. The number of ether oxygens (including phenoxy) is 1. The first kappa shape index (κ1) is 36.6. The molecular formula is C34H32IN7O6S2. The number of rotatable bonds is 12. The Kier molecular flexibility index (Phi) is 12.3. The molecule has 1 saturated heterocycles. The predicted octanol–water partition coefficient (Wildman–Crippen LogP) is -0.502. The molecule has 4 aromatic rings. The summed E-state index contributed by atoms with van der Waals surface area (Å²) in [6.07, 6.45) is 6.63. The van der Waals surface area contributed by atoms with Gasteiger partial charge in [-0.25, -0.2) is 9.36 Å². The van der Waals surface area contributed by atoms with Gasteiger partial charge in [0.2, 0.25) is 11.5 Å². The lowest BCUT2D eigenvalue weighted by molar-refractivity contribution is -0.687. The number of aliphatic hydroxyl groups is 1. The van der Waals surface area contributed by atoms with E-state index in [0.717, 1.165) is 28.2 Å². The fourth-order valence-electron chi connectivity index (χ4n) is 5.42. The zero-order valence-electron chi connectivity index (χ0n) is 26.6. The van der Waals surface area contributed by atoms with Crippen molar-refractivity contribution in [2.24, 2.45) is 5.16 Å². The Morgan fingerprint density at radius 1 is 1.14 bits per heavy atom. The molecule has 0 spiro atoms. The molecule has 1 unspecified atom stereocenters. The zero-order chi connectivity index (χ0) is 34.3. The van der Waals surface area contributed by atoms with E-state index < -0.39 is 35.3 Å². The van der Waals surface area contributed by atoms with E-state index in [2.05, 4.69) is 19.8 Å². The third-order valence-corrected chi connectivity index (χ3v) is 9.54. The van der Waals surface area contributed by atoms with E-state index in [9.17, 15) is 19.5 Å². The number of thioether (sulfide) groups is 1. The molecule has 1 fully saturated rings. The molecule has 50 heavy (non-hydrogen) atoms. The zero-order valence-corrected chi connectivity index (χ0v) is 30.4. The summed E-state index contributed by atoms with van der Waals surface area (Å²) in [6.45, 7) is 0.365. The second-order valence-electron chi connectivity index (χ2n) is 10.9. The third kappa shape index (κ3) is 8.04. The fourth-order valence-corrected chi connectivity index (χ4v) is 7.18. The Hall–Kier alpha value is -4.65. The number of benzene rings is 2. The van der Waals surface area contributed by atoms with Crippen LogP contribution in [0.3, 0.4) is 0 Å². The Labute approximate surface area is 313 Å². The number of amides is 2. The number of esters is 1. The monoisotopic (exact) mass is 825 g/mol. The number of nitrogens with one attached hydrogen (secondary N) is 1. The molecule has 4 heterocycles. The van der Waals surface area contributed by atoms with Crippen LogP contribution in [0.25, 0.3) is 0 Å². The second-order valence-corrected chi connectivity index (χ2v) is 12.8. The SMILES string of the molecule is CON=C(C(=O)NC1C(=O)N2C(C(=O)OC(c3ccccc3)c3ccccc3)=C(C=CC[n+]3cccc(CO)c3)CS[C@@H]12)c1nsc(N)n1.[I-]. The van der Waals surface area contributed by atoms with Crippen molar-refractivity contribution in [3.63, 3.8) is 0 Å². The summed E-state index contributed by atoms with van der Waals surface area (Å²) < 4.78 is 12.1. The van der Waals surface area contributed by atoms with Gasteiger partial charge in [0.25, 0.3) is 11.8 Å². The van der Waals surface area contributed by atoms with Gasteiger partial charge in [-0.1, -0.05) is 71.9 Å². The predicted molar refractivity (Wildman–Crippen MR) is 182 cm³/mol. The molecule has 2 aliphatic heterocycles. The summed E-state index contributed by atoms with van der Waals surface area (Å²) in [6, 6.07) is 21.4. The van der Waals surface area contributed by atoms with Crippen LogP contribution < -0.4 is 39.6 Å². The van der Waals surface area contributed by atoms with Crippen molar-refractivity contribution in [2.75, 3.05) is 18.6 Å². The molecule has 2 amide bonds. The van der Waals surface area contributed by atoms with E-state index in [0.29, 0.717) is 17.9 Å². The normalized spacial score (nSPS) is 17.2. The van der Waals surface area contributed by atoms with Crippen LogP contribution in [-0.2, 0) is 37.1 Å². The molecule has 16 heteroatoms. The van der Waals surface area contributed by atoms with Crippen molar-refractivity contribution < 1.29 is 57.6 Å². The molecule has 13 nitrogen and oxygen atoms in total. The largest absolute Gasteiger partial charge is 1.00 e. The van der Waals surface area contributed by atoms with Crippen molar-refractivity contribution in [2.45, 2.75) is 30.7 Å². The van der Waals surface area contributed by atoms with Gasteiger partial charge in [0.05, 0.1) is 6.61 Å². The van der Waals surface area contributed by atoms with Crippen molar-refractivity contribution >= 4 is 51.9 Å². The van der Waals surface area contributed by atoms with Crippen LogP contribution in [0.4, 0.5) is 5.13 Å². The number of carbonyl (C=O) groups excluding carboxylic acids is 3. The lowest BCUT2D eigenvalue weighted by Gasteiger charge is -2.49. The lowest BCUT2D eigenvalue weighted by Crippen LogP contribution is -3.00. The Balaban J connectivity index is 0.00000486. The smallest absolute Gasteiger partial charge is 0.356 e. The average Bonchev–Trinajstić information content (AvgIpc) is 3.57. The number of halogens is 1. The number of β-lactam (4-membered cyclic amide) rings is 1. The number of nitrogens with zero attached hydrogens (tertiary/aromatic N) is 5. The van der Waals surface area contributed by atoms with Crippen molar-refractivity contribution in [1.29, 1.82) is 0 Å². The number of hydrogen-bond donors (Lipinski definition) is 3. The van der Waals surface area contributed by atoms with Crippen LogP contribution in [0.15, 0.2) is 114 Å². The third-order valence-electron chi connectivity index (χ3n) is 7.70. The summed E-state index contributed by atoms with van der Waals surface area (Å²) in [4.78, 5) is 51.5. The topological polar surface area (TPSA) is 173 Å². The van der Waals surface area contributed by atoms with E-state index in [4.69, 9.17) is 15.3 Å². The minimum atomic E-state index is -0.973. The van der Waals surface area contributed by atoms with Gasteiger partial charge >= 0.3 is 5.97 Å². The first-order chi connectivity index (χ1) is 23.9. The molecule has 2 aliphatic rings. The van der Waals surface area contributed by atoms with Gasteiger partial charge in [0.15, 0.2) is 30.2 Å². The highest BCUT2D eigenvalue weighted by Crippen LogP contribution is 2.42. The van der Waals surface area contributed by atoms with E-state index in [-0.39, 0.29) is 52.9 Å². The number of nitrogen functional groups attached to an aromatic ring is 1. The van der Waals surface area contributed by atoms with Crippen LogP contribution in [0.5, 0.6) is 0 Å². The Bertz CT molecular complexity index is 1900. The maximum Gasteiger partial charge on any atom is 0.356 e. The first-order valence-corrected chi connectivity index (χ1v) is 17.0. The first-order valence-electron chi connectivity index (χ1n) is 15.1. The van der Waals surface area contributed by atoms with Gasteiger partial charge in [-0.15, -0.1) is 11.8 Å². The van der Waals surface area contributed by atoms with Gasteiger partial charge in [-0.05, 0) is 28.8 Å². The van der Waals surface area contributed by atoms with Crippen molar-refractivity contribution in [3.8, 4) is 0 Å². The summed E-state index contributed by atoms with van der Waals surface area (Å²) in [5.41, 5.74) is 8.44. The molecule has 0 saturated carbocycles. The summed E-state index contributed by atoms with van der Waals surface area (Å²) >= 11 is 2.29. The van der Waals surface area contributed by atoms with Crippen LogP contribution >= 0.6 is 23.3 Å². The van der Waals surface area contributed by atoms with E-state index >= 15 is 0 Å². The quantitative estimate of drug-likeness (QED) is 0.0423. The molecule has 2 aromatic heterocycles. The minimum absolute atomic E-state index is 0. The maximum atomic E-state index is 14.2. The van der Waals surface area contributed by atoms with Crippen LogP contribution in [0, 0.1) is 0 Å². The standard InChI is InChI=1S/C34H31N7O6S2.HI/c1-46-38-25(29-37-34(35)49-39-29)30(43)36-26-31(44)41-27(24(20-48-32(26)41)15-9-17-40-16-8-10-21(18-40)19-42)33(45)47-28(22-11-4-2-5-12-22)23-13-6-3-7-14-23;/h2-16,18,26,28,32,42H,17,19-20H2,1H3,(H2-,35,36,37,39,43);1H/t26?,32-;/m0./s1. The van der Waals surface area contributed by atoms with Gasteiger partial charge in [0, 0.05) is 28.9 Å². The molecule has 0 radical (unpaired) electrons. The van der Waals surface area contributed by atoms with E-state index in [1.807, 2.05) is 95.8 Å². The van der Waals surface area contributed by atoms with Crippen molar-refractivity contribution in [3.05, 3.63) is 131 Å². The van der Waals surface area contributed by atoms with Crippen LogP contribution in [-0.4, -0.2) is 67.1 Å². The highest BCUT2D eigenvalue weighted by Gasteiger charge is 2.54. The Morgan fingerprint density at radius 3 is 2.46 bits per heavy atom. The van der Waals surface area contributed by atoms with Gasteiger partial charge in [-0.2, -0.15) is 9.36 Å².